The number of aromatic nitrogens is 1. The quantitative estimate of drug-likeness (QED) is 0.635. The molecule has 0 radical (unpaired) electrons. The average molecular weight is 152 g/mol. The van der Waals surface area contributed by atoms with E-state index in [0.717, 1.165) is 18.4 Å². The molecule has 3 heteroatoms. The van der Waals surface area contributed by atoms with E-state index in [2.05, 4.69) is 0 Å². The van der Waals surface area contributed by atoms with Crippen LogP contribution in [-0.4, -0.2) is 17.4 Å². The Morgan fingerprint density at radius 1 is 1.64 bits per heavy atom. The Hall–Kier alpha value is -1.09. The maximum atomic E-state index is 10.4. The molecule has 0 atom stereocenters. The van der Waals surface area contributed by atoms with E-state index in [0.29, 0.717) is 12.2 Å². The van der Waals surface area contributed by atoms with Gasteiger partial charge in [-0.15, -0.1) is 0 Å². The third-order valence-corrected chi connectivity index (χ3v) is 1.79. The molecule has 1 aromatic heterocycles. The largest absolute Gasteiger partial charge is 0.345 e. The predicted molar refractivity (Wildman–Crippen MR) is 43.6 cm³/mol. The zero-order chi connectivity index (χ0) is 8.27. The molecular formula is C8H12N2O. The molecule has 2 N–H and O–H groups in total. The van der Waals surface area contributed by atoms with Crippen molar-refractivity contribution in [2.75, 3.05) is 6.54 Å². The van der Waals surface area contributed by atoms with E-state index < -0.39 is 0 Å². The van der Waals surface area contributed by atoms with E-state index in [1.54, 1.807) is 6.07 Å². The lowest BCUT2D eigenvalue weighted by Gasteiger charge is -2.01. The molecule has 0 aliphatic carbocycles. The molecule has 0 unspecified atom stereocenters. The second kappa shape index (κ2) is 3.34. The van der Waals surface area contributed by atoms with E-state index in [1.165, 1.54) is 0 Å². The highest BCUT2D eigenvalue weighted by molar-refractivity contribution is 5.72. The normalized spacial score (nSPS) is 10.0. The van der Waals surface area contributed by atoms with Gasteiger partial charge in [-0.1, -0.05) is 0 Å². The molecule has 0 bridgehead atoms. The molecule has 0 amide bonds. The van der Waals surface area contributed by atoms with Crippen LogP contribution in [0.25, 0.3) is 0 Å². The van der Waals surface area contributed by atoms with Crippen molar-refractivity contribution in [3.05, 3.63) is 23.5 Å². The van der Waals surface area contributed by atoms with Gasteiger partial charge in [-0.3, -0.25) is 4.79 Å². The van der Waals surface area contributed by atoms with Crippen LogP contribution in [0.1, 0.15) is 16.2 Å². The fourth-order valence-corrected chi connectivity index (χ4v) is 1.09. The first kappa shape index (κ1) is 8.01. The van der Waals surface area contributed by atoms with Crippen molar-refractivity contribution < 1.29 is 4.79 Å². The summed E-state index contributed by atoms with van der Waals surface area (Å²) < 4.78 is 1.86. The molecule has 0 aromatic carbocycles. The van der Waals surface area contributed by atoms with Crippen molar-refractivity contribution in [3.8, 4) is 0 Å². The number of aldehydes is 1. The van der Waals surface area contributed by atoms with Crippen LogP contribution in [0.15, 0.2) is 12.1 Å². The number of nitrogens with zero attached hydrogens (tertiary/aromatic N) is 1. The van der Waals surface area contributed by atoms with Gasteiger partial charge in [-0.05, 0) is 25.1 Å². The van der Waals surface area contributed by atoms with Crippen LogP contribution < -0.4 is 5.73 Å². The summed E-state index contributed by atoms with van der Waals surface area (Å²) >= 11 is 0. The van der Waals surface area contributed by atoms with Gasteiger partial charge in [0.2, 0.25) is 0 Å². The monoisotopic (exact) mass is 152 g/mol. The molecule has 11 heavy (non-hydrogen) atoms. The van der Waals surface area contributed by atoms with Crippen LogP contribution >= 0.6 is 0 Å². The summed E-state index contributed by atoms with van der Waals surface area (Å²) in [5.74, 6) is 0. The maximum absolute atomic E-state index is 10.4. The molecule has 3 nitrogen and oxygen atoms in total. The number of rotatable bonds is 3. The summed E-state index contributed by atoms with van der Waals surface area (Å²) in [4.78, 5) is 10.4. The molecule has 1 aromatic rings. The number of carbonyl (C=O) groups excluding carboxylic acids is 1. The highest BCUT2D eigenvalue weighted by atomic mass is 16.1. The van der Waals surface area contributed by atoms with Gasteiger partial charge >= 0.3 is 0 Å². The summed E-state index contributed by atoms with van der Waals surface area (Å²) in [5, 5.41) is 0. The van der Waals surface area contributed by atoms with Crippen LogP contribution in [0.4, 0.5) is 0 Å². The Bertz CT molecular complexity index is 253. The van der Waals surface area contributed by atoms with E-state index in [1.807, 2.05) is 17.7 Å². The molecule has 1 rings (SSSR count). The number of nitrogens with two attached hydrogens (primary N) is 1. The lowest BCUT2D eigenvalue weighted by molar-refractivity contribution is 0.111. The Kier molecular flexibility index (Phi) is 2.44. The third-order valence-electron chi connectivity index (χ3n) is 1.79. The SMILES string of the molecule is Cn1c(C=O)ccc1CCN. The Morgan fingerprint density at radius 2 is 2.36 bits per heavy atom. The first-order valence-electron chi connectivity index (χ1n) is 3.59. The van der Waals surface area contributed by atoms with E-state index >= 15 is 0 Å². The van der Waals surface area contributed by atoms with E-state index in [9.17, 15) is 4.79 Å². The topological polar surface area (TPSA) is 48.0 Å². The van der Waals surface area contributed by atoms with Gasteiger partial charge in [0.05, 0.1) is 5.69 Å². The van der Waals surface area contributed by atoms with Gasteiger partial charge in [0.1, 0.15) is 0 Å². The molecule has 0 saturated carbocycles. The number of carbonyl (C=O) groups is 1. The van der Waals surface area contributed by atoms with Gasteiger partial charge in [-0.2, -0.15) is 0 Å². The van der Waals surface area contributed by atoms with Crippen molar-refractivity contribution in [3.63, 3.8) is 0 Å². The van der Waals surface area contributed by atoms with Gasteiger partial charge < -0.3 is 10.3 Å². The predicted octanol–water partition coefficient (Wildman–Crippen LogP) is 0.339. The minimum Gasteiger partial charge on any atom is -0.345 e. The van der Waals surface area contributed by atoms with Crippen LogP contribution in [-0.2, 0) is 13.5 Å². The van der Waals surface area contributed by atoms with Crippen LogP contribution in [0.2, 0.25) is 0 Å². The molecule has 60 valence electrons. The molecule has 0 spiro atoms. The molecule has 0 aliphatic heterocycles. The lowest BCUT2D eigenvalue weighted by Crippen LogP contribution is -2.07. The summed E-state index contributed by atoms with van der Waals surface area (Å²) in [6.45, 7) is 0.621. The van der Waals surface area contributed by atoms with Crippen LogP contribution in [0.3, 0.4) is 0 Å². The van der Waals surface area contributed by atoms with Crippen LogP contribution in [0, 0.1) is 0 Å². The first-order valence-corrected chi connectivity index (χ1v) is 3.59. The van der Waals surface area contributed by atoms with Crippen LogP contribution in [0.5, 0.6) is 0 Å². The van der Waals surface area contributed by atoms with Gasteiger partial charge in [0.15, 0.2) is 6.29 Å². The Morgan fingerprint density at radius 3 is 2.82 bits per heavy atom. The maximum Gasteiger partial charge on any atom is 0.166 e. The zero-order valence-electron chi connectivity index (χ0n) is 6.58. The highest BCUT2D eigenvalue weighted by Crippen LogP contribution is 2.04. The zero-order valence-corrected chi connectivity index (χ0v) is 6.58. The standard InChI is InChI=1S/C8H12N2O/c1-10-7(4-5-9)2-3-8(10)6-11/h2-3,6H,4-5,9H2,1H3. The molecule has 0 fully saturated rings. The minimum atomic E-state index is 0.621. The van der Waals surface area contributed by atoms with Gasteiger partial charge in [0.25, 0.3) is 0 Å². The summed E-state index contributed by atoms with van der Waals surface area (Å²) in [5.41, 5.74) is 7.19. The van der Waals surface area contributed by atoms with Crippen molar-refractivity contribution in [1.29, 1.82) is 0 Å². The van der Waals surface area contributed by atoms with Crippen molar-refractivity contribution >= 4 is 6.29 Å². The number of hydrogen-bond acceptors (Lipinski definition) is 2. The molecule has 1 heterocycles. The molecule has 0 saturated heterocycles. The average Bonchev–Trinajstić information content (AvgIpc) is 2.34. The van der Waals surface area contributed by atoms with Crippen molar-refractivity contribution in [1.82, 2.24) is 4.57 Å². The van der Waals surface area contributed by atoms with Crippen molar-refractivity contribution in [2.24, 2.45) is 12.8 Å². The fourth-order valence-electron chi connectivity index (χ4n) is 1.09. The second-order valence-electron chi connectivity index (χ2n) is 2.47. The molecule has 0 aliphatic rings. The number of hydrogen-bond donors (Lipinski definition) is 1. The third kappa shape index (κ3) is 1.49. The summed E-state index contributed by atoms with van der Waals surface area (Å²) in [6.07, 6.45) is 1.67. The first-order chi connectivity index (χ1) is 5.29. The van der Waals surface area contributed by atoms with Crippen molar-refractivity contribution in [2.45, 2.75) is 6.42 Å². The summed E-state index contributed by atoms with van der Waals surface area (Å²) in [6, 6.07) is 3.73. The Balaban J connectivity index is 2.90. The fraction of sp³-hybridized carbons (Fsp3) is 0.375. The lowest BCUT2D eigenvalue weighted by atomic mass is 10.3. The second-order valence-corrected chi connectivity index (χ2v) is 2.47. The summed E-state index contributed by atoms with van der Waals surface area (Å²) in [7, 11) is 1.87. The van der Waals surface area contributed by atoms with Gasteiger partial charge in [-0.25, -0.2) is 0 Å². The Labute approximate surface area is 65.8 Å². The molecular weight excluding hydrogens is 140 g/mol. The van der Waals surface area contributed by atoms with E-state index in [-0.39, 0.29) is 0 Å². The van der Waals surface area contributed by atoms with Gasteiger partial charge in [0, 0.05) is 12.7 Å². The van der Waals surface area contributed by atoms with E-state index in [4.69, 9.17) is 5.73 Å². The highest BCUT2D eigenvalue weighted by Gasteiger charge is 2.00. The smallest absolute Gasteiger partial charge is 0.166 e. The minimum absolute atomic E-state index is 0.621.